The van der Waals surface area contributed by atoms with Gasteiger partial charge in [0, 0.05) is 13.1 Å². The van der Waals surface area contributed by atoms with E-state index in [0.717, 1.165) is 12.1 Å². The SMILES string of the molecule is CC(C)C(C)(C)CNCC(O)c1ccc(F)cc1. The molecule has 0 spiro atoms. The minimum Gasteiger partial charge on any atom is -0.387 e. The van der Waals surface area contributed by atoms with Crippen molar-refractivity contribution in [2.45, 2.75) is 33.8 Å². The third-order valence-corrected chi connectivity index (χ3v) is 3.74. The smallest absolute Gasteiger partial charge is 0.123 e. The van der Waals surface area contributed by atoms with Gasteiger partial charge in [-0.3, -0.25) is 0 Å². The third kappa shape index (κ3) is 4.39. The van der Waals surface area contributed by atoms with Crippen molar-refractivity contribution in [1.29, 1.82) is 0 Å². The summed E-state index contributed by atoms with van der Waals surface area (Å²) >= 11 is 0. The van der Waals surface area contributed by atoms with Crippen molar-refractivity contribution < 1.29 is 9.50 Å². The van der Waals surface area contributed by atoms with Gasteiger partial charge in [-0.05, 0) is 29.0 Å². The standard InChI is InChI=1S/C15H24FNO/c1-11(2)15(3,4)10-17-9-14(18)12-5-7-13(16)8-6-12/h5-8,11,14,17-18H,9-10H2,1-4H3. The molecule has 3 heteroatoms. The minimum atomic E-state index is -0.589. The van der Waals surface area contributed by atoms with E-state index in [2.05, 4.69) is 33.0 Å². The summed E-state index contributed by atoms with van der Waals surface area (Å²) in [6, 6.07) is 5.98. The molecule has 102 valence electrons. The van der Waals surface area contributed by atoms with Crippen LogP contribution in [0, 0.1) is 17.2 Å². The molecule has 0 aromatic heterocycles. The molecule has 0 aliphatic rings. The van der Waals surface area contributed by atoms with Gasteiger partial charge in [0.25, 0.3) is 0 Å². The molecule has 0 heterocycles. The number of nitrogens with one attached hydrogen (secondary N) is 1. The monoisotopic (exact) mass is 253 g/mol. The zero-order chi connectivity index (χ0) is 13.8. The Morgan fingerprint density at radius 2 is 1.78 bits per heavy atom. The molecule has 0 fully saturated rings. The van der Waals surface area contributed by atoms with Gasteiger partial charge in [-0.25, -0.2) is 4.39 Å². The fraction of sp³-hybridized carbons (Fsp3) is 0.600. The molecular weight excluding hydrogens is 229 g/mol. The normalized spacial score (nSPS) is 13.9. The Labute approximate surface area is 109 Å². The van der Waals surface area contributed by atoms with E-state index in [-0.39, 0.29) is 11.2 Å². The van der Waals surface area contributed by atoms with E-state index in [4.69, 9.17) is 0 Å². The third-order valence-electron chi connectivity index (χ3n) is 3.74. The van der Waals surface area contributed by atoms with Crippen LogP contribution in [0.4, 0.5) is 4.39 Å². The highest BCUT2D eigenvalue weighted by molar-refractivity contribution is 5.18. The lowest BCUT2D eigenvalue weighted by Gasteiger charge is -2.30. The van der Waals surface area contributed by atoms with Gasteiger partial charge in [0.05, 0.1) is 6.10 Å². The predicted octanol–water partition coefficient (Wildman–Crippen LogP) is 3.13. The quantitative estimate of drug-likeness (QED) is 0.816. The zero-order valence-corrected chi connectivity index (χ0v) is 11.7. The van der Waals surface area contributed by atoms with Gasteiger partial charge in [0.1, 0.15) is 5.82 Å². The number of hydrogen-bond donors (Lipinski definition) is 2. The fourth-order valence-electron chi connectivity index (χ4n) is 1.54. The second kappa shape index (κ2) is 6.30. The van der Waals surface area contributed by atoms with Crippen LogP contribution in [-0.2, 0) is 0 Å². The molecule has 1 rings (SSSR count). The van der Waals surface area contributed by atoms with Gasteiger partial charge in [0.2, 0.25) is 0 Å². The maximum atomic E-state index is 12.7. The van der Waals surface area contributed by atoms with E-state index in [1.807, 2.05) is 0 Å². The maximum absolute atomic E-state index is 12.7. The molecule has 1 aromatic rings. The van der Waals surface area contributed by atoms with E-state index >= 15 is 0 Å². The van der Waals surface area contributed by atoms with Crippen LogP contribution in [0.5, 0.6) is 0 Å². The van der Waals surface area contributed by atoms with Crippen molar-refractivity contribution in [2.24, 2.45) is 11.3 Å². The molecule has 18 heavy (non-hydrogen) atoms. The summed E-state index contributed by atoms with van der Waals surface area (Å²) in [5.41, 5.74) is 0.939. The minimum absolute atomic E-state index is 0.197. The number of aliphatic hydroxyl groups excluding tert-OH is 1. The lowest BCUT2D eigenvalue weighted by atomic mass is 9.81. The number of rotatable bonds is 6. The Hall–Kier alpha value is -0.930. The van der Waals surface area contributed by atoms with Crippen molar-refractivity contribution in [2.75, 3.05) is 13.1 Å². The number of aliphatic hydroxyl groups is 1. The summed E-state index contributed by atoms with van der Waals surface area (Å²) in [4.78, 5) is 0. The van der Waals surface area contributed by atoms with Crippen LogP contribution in [0.1, 0.15) is 39.4 Å². The maximum Gasteiger partial charge on any atom is 0.123 e. The molecule has 1 unspecified atom stereocenters. The van der Waals surface area contributed by atoms with Crippen molar-refractivity contribution in [3.8, 4) is 0 Å². The highest BCUT2D eigenvalue weighted by Crippen LogP contribution is 2.24. The second-order valence-corrected chi connectivity index (χ2v) is 5.84. The van der Waals surface area contributed by atoms with E-state index < -0.39 is 6.10 Å². The van der Waals surface area contributed by atoms with Crippen molar-refractivity contribution >= 4 is 0 Å². The summed E-state index contributed by atoms with van der Waals surface area (Å²) in [5, 5.41) is 13.2. The van der Waals surface area contributed by atoms with Crippen LogP contribution in [-0.4, -0.2) is 18.2 Å². The zero-order valence-electron chi connectivity index (χ0n) is 11.7. The van der Waals surface area contributed by atoms with Crippen LogP contribution in [0.25, 0.3) is 0 Å². The van der Waals surface area contributed by atoms with Crippen molar-refractivity contribution in [3.63, 3.8) is 0 Å². The summed E-state index contributed by atoms with van der Waals surface area (Å²) in [6.45, 7) is 10.1. The summed E-state index contributed by atoms with van der Waals surface area (Å²) < 4.78 is 12.7. The first-order valence-corrected chi connectivity index (χ1v) is 6.47. The molecule has 2 N–H and O–H groups in total. The first-order chi connectivity index (χ1) is 8.33. The number of hydrogen-bond acceptors (Lipinski definition) is 2. The molecule has 0 saturated heterocycles. The molecule has 1 aromatic carbocycles. The molecule has 0 aliphatic carbocycles. The molecule has 0 saturated carbocycles. The Morgan fingerprint density at radius 3 is 2.28 bits per heavy atom. The lowest BCUT2D eigenvalue weighted by molar-refractivity contribution is 0.160. The highest BCUT2D eigenvalue weighted by atomic mass is 19.1. The lowest BCUT2D eigenvalue weighted by Crippen LogP contribution is -2.35. The first kappa shape index (κ1) is 15.1. The van der Waals surface area contributed by atoms with Gasteiger partial charge < -0.3 is 10.4 Å². The summed E-state index contributed by atoms with van der Waals surface area (Å²) in [5.74, 6) is 0.299. The van der Waals surface area contributed by atoms with Crippen LogP contribution in [0.2, 0.25) is 0 Å². The molecule has 0 bridgehead atoms. The Balaban J connectivity index is 2.42. The Kier molecular flexibility index (Phi) is 5.29. The molecular formula is C15H24FNO. The predicted molar refractivity (Wildman–Crippen MR) is 72.8 cm³/mol. The Morgan fingerprint density at radius 1 is 1.22 bits per heavy atom. The van der Waals surface area contributed by atoms with E-state index in [9.17, 15) is 9.50 Å². The molecule has 0 aliphatic heterocycles. The Bertz CT molecular complexity index is 359. The fourth-order valence-corrected chi connectivity index (χ4v) is 1.54. The van der Waals surface area contributed by atoms with Crippen LogP contribution in [0.3, 0.4) is 0 Å². The summed E-state index contributed by atoms with van der Waals surface area (Å²) in [6.07, 6.45) is -0.589. The van der Waals surface area contributed by atoms with Crippen LogP contribution < -0.4 is 5.32 Å². The van der Waals surface area contributed by atoms with Gasteiger partial charge in [-0.2, -0.15) is 0 Å². The summed E-state index contributed by atoms with van der Waals surface area (Å²) in [7, 11) is 0. The van der Waals surface area contributed by atoms with E-state index in [1.165, 1.54) is 12.1 Å². The van der Waals surface area contributed by atoms with E-state index in [1.54, 1.807) is 12.1 Å². The molecule has 2 nitrogen and oxygen atoms in total. The van der Waals surface area contributed by atoms with Crippen LogP contribution >= 0.6 is 0 Å². The van der Waals surface area contributed by atoms with Gasteiger partial charge in [-0.1, -0.05) is 39.8 Å². The topological polar surface area (TPSA) is 32.3 Å². The van der Waals surface area contributed by atoms with Crippen molar-refractivity contribution in [1.82, 2.24) is 5.32 Å². The second-order valence-electron chi connectivity index (χ2n) is 5.84. The van der Waals surface area contributed by atoms with Crippen molar-refractivity contribution in [3.05, 3.63) is 35.6 Å². The average Bonchev–Trinajstić information content (AvgIpc) is 2.29. The molecule has 0 radical (unpaired) electrons. The number of benzene rings is 1. The average molecular weight is 253 g/mol. The van der Waals surface area contributed by atoms with Gasteiger partial charge in [0.15, 0.2) is 0 Å². The highest BCUT2D eigenvalue weighted by Gasteiger charge is 2.22. The van der Waals surface area contributed by atoms with Crippen LogP contribution in [0.15, 0.2) is 24.3 Å². The van der Waals surface area contributed by atoms with Gasteiger partial charge in [-0.15, -0.1) is 0 Å². The van der Waals surface area contributed by atoms with Gasteiger partial charge >= 0.3 is 0 Å². The van der Waals surface area contributed by atoms with E-state index in [0.29, 0.717) is 12.5 Å². The molecule has 1 atom stereocenters. The number of halogens is 1. The first-order valence-electron chi connectivity index (χ1n) is 6.47. The molecule has 0 amide bonds. The largest absolute Gasteiger partial charge is 0.387 e.